The van der Waals surface area contributed by atoms with Crippen molar-refractivity contribution in [1.82, 2.24) is 25.1 Å². The van der Waals surface area contributed by atoms with Crippen molar-refractivity contribution in [3.05, 3.63) is 47.4 Å². The smallest absolute Gasteiger partial charge is 0.255 e. The van der Waals surface area contributed by atoms with Crippen LogP contribution in [0.25, 0.3) is 0 Å². The van der Waals surface area contributed by atoms with Crippen LogP contribution in [0.3, 0.4) is 0 Å². The molecule has 1 aromatic heterocycles. The number of carbonyl (C=O) groups is 5. The van der Waals surface area contributed by atoms with Crippen molar-refractivity contribution in [3.63, 3.8) is 0 Å². The number of hydrogen-bond donors (Lipinski definition) is 1. The van der Waals surface area contributed by atoms with Crippen molar-refractivity contribution in [3.8, 4) is 0 Å². The van der Waals surface area contributed by atoms with E-state index < -0.39 is 17.9 Å². The second-order valence-electron chi connectivity index (χ2n) is 12.5. The van der Waals surface area contributed by atoms with Gasteiger partial charge in [0.1, 0.15) is 17.6 Å². The number of carbonyl (C=O) groups excluding carboxylic acids is 5. The van der Waals surface area contributed by atoms with E-state index in [2.05, 4.69) is 30.0 Å². The highest BCUT2D eigenvalue weighted by Gasteiger charge is 2.48. The van der Waals surface area contributed by atoms with Crippen molar-refractivity contribution in [2.75, 3.05) is 62.7 Å². The average molecular weight is 588 g/mol. The number of anilines is 2. The lowest BCUT2D eigenvalue weighted by Crippen LogP contribution is -2.58. The Kier molecular flexibility index (Phi) is 7.95. The van der Waals surface area contributed by atoms with Gasteiger partial charge in [0.2, 0.25) is 11.8 Å². The molecule has 5 heterocycles. The van der Waals surface area contributed by atoms with Gasteiger partial charge in [-0.3, -0.25) is 29.3 Å². The summed E-state index contributed by atoms with van der Waals surface area (Å²) < 4.78 is 0. The van der Waals surface area contributed by atoms with Crippen LogP contribution < -0.4 is 15.1 Å². The summed E-state index contributed by atoms with van der Waals surface area (Å²) in [6.45, 7) is 6.96. The molecule has 0 saturated carbocycles. The third-order valence-electron chi connectivity index (χ3n) is 9.56. The largest absolute Gasteiger partial charge is 0.370 e. The number of amides is 3. The van der Waals surface area contributed by atoms with Gasteiger partial charge in [0.25, 0.3) is 5.91 Å². The zero-order valence-corrected chi connectivity index (χ0v) is 24.4. The zero-order valence-electron chi connectivity index (χ0n) is 24.4. The predicted molar refractivity (Wildman–Crippen MR) is 158 cm³/mol. The summed E-state index contributed by atoms with van der Waals surface area (Å²) in [7, 11) is 1.53. The predicted octanol–water partition coefficient (Wildman–Crippen LogP) is 1.41. The summed E-state index contributed by atoms with van der Waals surface area (Å²) in [5.74, 6) is 0.229. The fraction of sp³-hybridized carbons (Fsp3) is 0.516. The maximum absolute atomic E-state index is 13.2. The number of imide groups is 1. The minimum absolute atomic E-state index is 0.176. The molecule has 4 aliphatic rings. The van der Waals surface area contributed by atoms with Gasteiger partial charge in [0.05, 0.1) is 18.0 Å². The summed E-state index contributed by atoms with van der Waals surface area (Å²) in [4.78, 5) is 76.7. The normalized spacial score (nSPS) is 22.3. The van der Waals surface area contributed by atoms with Gasteiger partial charge in [-0.1, -0.05) is 0 Å². The van der Waals surface area contributed by atoms with Gasteiger partial charge in [-0.2, -0.15) is 0 Å². The first-order valence-electron chi connectivity index (χ1n) is 15.0. The van der Waals surface area contributed by atoms with E-state index in [1.807, 2.05) is 6.07 Å². The fourth-order valence-corrected chi connectivity index (χ4v) is 7.08. The molecule has 4 fully saturated rings. The lowest BCUT2D eigenvalue weighted by molar-refractivity contribution is -0.136. The number of aldehydes is 2. The molecular formula is C31H37N7O5. The fourth-order valence-electron chi connectivity index (χ4n) is 7.08. The molecule has 12 nitrogen and oxygen atoms in total. The number of likely N-dealkylation sites (N-methyl/N-ethyl adjacent to an activating group) is 1. The lowest BCUT2D eigenvalue weighted by atomic mass is 9.78. The van der Waals surface area contributed by atoms with E-state index in [-0.39, 0.29) is 29.7 Å². The molecule has 226 valence electrons. The second kappa shape index (κ2) is 11.8. The standard InChI is InChI=1S/C31H37N7O5/c1-35(26-4-5-28(41)34-29(26)42)30(43)25-3-2-24(12-22(25)16-39)38-19-31(20-38)8-11-36(18-31)15-21-6-9-37(10-7-21)27-14-32-23(17-40)13-33-27/h2-3,12-14,16-17,21,26H,4-11,15,18-20H2,1H3,(H,34,41,42). The number of aromatic nitrogens is 2. The van der Waals surface area contributed by atoms with E-state index in [0.29, 0.717) is 29.7 Å². The summed E-state index contributed by atoms with van der Waals surface area (Å²) >= 11 is 0. The van der Waals surface area contributed by atoms with Crippen LogP contribution in [0.2, 0.25) is 0 Å². The highest BCUT2D eigenvalue weighted by atomic mass is 16.2. The first kappa shape index (κ1) is 28.9. The number of rotatable bonds is 8. The molecule has 3 amide bonds. The SMILES string of the molecule is CN(C(=O)c1ccc(N2CC3(CCN(CC4CCN(c5cnc(C=O)cn5)CC4)C3)C2)cc1C=O)C1CCC(=O)NC1=O. The van der Waals surface area contributed by atoms with Gasteiger partial charge in [-0.05, 0) is 56.3 Å². The van der Waals surface area contributed by atoms with Crippen molar-refractivity contribution in [2.24, 2.45) is 11.3 Å². The molecule has 4 saturated heterocycles. The lowest BCUT2D eigenvalue weighted by Gasteiger charge is -2.50. The van der Waals surface area contributed by atoms with Crippen LogP contribution in [0.15, 0.2) is 30.6 Å². The monoisotopic (exact) mass is 587 g/mol. The molecule has 1 N–H and O–H groups in total. The summed E-state index contributed by atoms with van der Waals surface area (Å²) in [5, 5.41) is 2.28. The van der Waals surface area contributed by atoms with Crippen LogP contribution in [-0.2, 0) is 9.59 Å². The summed E-state index contributed by atoms with van der Waals surface area (Å²) in [6, 6.07) is 4.57. The van der Waals surface area contributed by atoms with E-state index >= 15 is 0 Å². The minimum Gasteiger partial charge on any atom is -0.370 e. The van der Waals surface area contributed by atoms with Crippen LogP contribution in [0.5, 0.6) is 0 Å². The Morgan fingerprint density at radius 2 is 1.81 bits per heavy atom. The Balaban J connectivity index is 0.999. The van der Waals surface area contributed by atoms with Crippen LogP contribution >= 0.6 is 0 Å². The molecule has 0 radical (unpaired) electrons. The van der Waals surface area contributed by atoms with Gasteiger partial charge >= 0.3 is 0 Å². The topological polar surface area (TPSA) is 136 Å². The zero-order chi connectivity index (χ0) is 30.1. The quantitative estimate of drug-likeness (QED) is 0.357. The first-order valence-corrected chi connectivity index (χ1v) is 15.0. The van der Waals surface area contributed by atoms with E-state index in [1.165, 1.54) is 18.1 Å². The van der Waals surface area contributed by atoms with Crippen molar-refractivity contribution < 1.29 is 24.0 Å². The summed E-state index contributed by atoms with van der Waals surface area (Å²) in [5.41, 5.74) is 2.07. The Morgan fingerprint density at radius 1 is 1.02 bits per heavy atom. The summed E-state index contributed by atoms with van der Waals surface area (Å²) in [6.07, 6.45) is 8.40. The highest BCUT2D eigenvalue weighted by molar-refractivity contribution is 6.06. The third kappa shape index (κ3) is 5.88. The maximum atomic E-state index is 13.2. The van der Waals surface area contributed by atoms with Gasteiger partial charge in [0, 0.05) is 69.4 Å². The highest BCUT2D eigenvalue weighted by Crippen LogP contribution is 2.42. The van der Waals surface area contributed by atoms with E-state index in [4.69, 9.17) is 0 Å². The molecule has 1 aromatic carbocycles. The van der Waals surface area contributed by atoms with Crippen LogP contribution in [0, 0.1) is 11.3 Å². The number of likely N-dealkylation sites (tertiary alicyclic amines) is 1. The minimum atomic E-state index is -0.742. The first-order chi connectivity index (χ1) is 20.8. The Labute approximate surface area is 250 Å². The van der Waals surface area contributed by atoms with Crippen molar-refractivity contribution in [2.45, 2.75) is 38.1 Å². The molecule has 4 aliphatic heterocycles. The third-order valence-corrected chi connectivity index (χ3v) is 9.56. The van der Waals surface area contributed by atoms with E-state index in [0.717, 1.165) is 76.6 Å². The molecule has 0 aliphatic carbocycles. The Morgan fingerprint density at radius 3 is 2.49 bits per heavy atom. The van der Waals surface area contributed by atoms with Crippen LogP contribution in [0.4, 0.5) is 11.5 Å². The molecule has 1 atom stereocenters. The van der Waals surface area contributed by atoms with Crippen LogP contribution in [0.1, 0.15) is 63.3 Å². The molecule has 6 rings (SSSR count). The number of benzene rings is 1. The van der Waals surface area contributed by atoms with Gasteiger partial charge in [-0.25, -0.2) is 9.97 Å². The molecule has 2 aromatic rings. The van der Waals surface area contributed by atoms with E-state index in [1.54, 1.807) is 18.3 Å². The van der Waals surface area contributed by atoms with Gasteiger partial charge < -0.3 is 19.6 Å². The number of nitrogens with zero attached hydrogens (tertiary/aromatic N) is 6. The van der Waals surface area contributed by atoms with Crippen molar-refractivity contribution in [1.29, 1.82) is 0 Å². The molecule has 0 bridgehead atoms. The maximum Gasteiger partial charge on any atom is 0.255 e. The number of nitrogens with one attached hydrogen (secondary N) is 1. The molecular weight excluding hydrogens is 550 g/mol. The molecule has 1 spiro atoms. The molecule has 12 heteroatoms. The number of piperidine rings is 2. The molecule has 43 heavy (non-hydrogen) atoms. The second-order valence-corrected chi connectivity index (χ2v) is 12.5. The van der Waals surface area contributed by atoms with Gasteiger partial charge in [0.15, 0.2) is 12.6 Å². The van der Waals surface area contributed by atoms with Crippen molar-refractivity contribution >= 4 is 41.8 Å². The Bertz CT molecular complexity index is 1420. The molecule has 1 unspecified atom stereocenters. The van der Waals surface area contributed by atoms with Gasteiger partial charge in [-0.15, -0.1) is 0 Å². The number of hydrogen-bond acceptors (Lipinski definition) is 10. The van der Waals surface area contributed by atoms with Crippen LogP contribution in [-0.4, -0.2) is 109 Å². The average Bonchev–Trinajstić information content (AvgIpc) is 3.44. The Hall–Kier alpha value is -4.19. The van der Waals surface area contributed by atoms with E-state index in [9.17, 15) is 24.0 Å².